The zero-order valence-electron chi connectivity index (χ0n) is 8.65. The van der Waals surface area contributed by atoms with Crippen LogP contribution < -0.4 is 11.3 Å². The Balaban J connectivity index is 0.000000423. The summed E-state index contributed by atoms with van der Waals surface area (Å²) in [6, 6.07) is 7.24. The Morgan fingerprint density at radius 3 is 2.33 bits per heavy atom. The summed E-state index contributed by atoms with van der Waals surface area (Å²) in [5.41, 5.74) is 3.71. The number of hydrogen-bond donors (Lipinski definition) is 3. The summed E-state index contributed by atoms with van der Waals surface area (Å²) in [5, 5.41) is 7.42. The van der Waals surface area contributed by atoms with E-state index in [-0.39, 0.29) is 5.91 Å². The lowest BCUT2D eigenvalue weighted by atomic mass is 10.1. The van der Waals surface area contributed by atoms with Gasteiger partial charge >= 0.3 is 0 Å². The van der Waals surface area contributed by atoms with E-state index >= 15 is 0 Å². The molecule has 4 N–H and O–H groups in total. The minimum absolute atomic E-state index is 0.256. The molecule has 0 bridgehead atoms. The van der Waals surface area contributed by atoms with Crippen LogP contribution in [0.4, 0.5) is 0 Å². The summed E-state index contributed by atoms with van der Waals surface area (Å²) in [5.74, 6) is 3.87. The van der Waals surface area contributed by atoms with Crippen molar-refractivity contribution < 1.29 is 14.7 Å². The molecular weight excluding hydrogens is 196 g/mol. The number of carbonyl (C=O) groups is 2. The van der Waals surface area contributed by atoms with Crippen molar-refractivity contribution in [2.75, 3.05) is 0 Å². The van der Waals surface area contributed by atoms with E-state index < -0.39 is 5.97 Å². The fourth-order valence-electron chi connectivity index (χ4n) is 0.870. The van der Waals surface area contributed by atoms with Gasteiger partial charge in [0.1, 0.15) is 0 Å². The van der Waals surface area contributed by atoms with Gasteiger partial charge in [0, 0.05) is 12.5 Å². The molecule has 0 aromatic heterocycles. The number of nitrogens with two attached hydrogens (primary N) is 1. The molecule has 0 unspecified atom stereocenters. The van der Waals surface area contributed by atoms with Crippen LogP contribution in [0.15, 0.2) is 24.3 Å². The third-order valence-electron chi connectivity index (χ3n) is 1.41. The molecule has 1 aromatic carbocycles. The van der Waals surface area contributed by atoms with Gasteiger partial charge in [0.05, 0.1) is 0 Å². The molecule has 0 fully saturated rings. The zero-order valence-corrected chi connectivity index (χ0v) is 8.65. The number of nitrogen functional groups attached to an aromatic ring is 1. The van der Waals surface area contributed by atoms with Gasteiger partial charge in [-0.1, -0.05) is 17.7 Å². The number of nitrogens with one attached hydrogen (secondary N) is 1. The predicted octanol–water partition coefficient (Wildman–Crippen LogP) is 0.689. The fraction of sp³-hybridized carbons (Fsp3) is 0.200. The second kappa shape index (κ2) is 6.56. The van der Waals surface area contributed by atoms with Crippen LogP contribution in [0.25, 0.3) is 0 Å². The maximum atomic E-state index is 10.9. The van der Waals surface area contributed by atoms with E-state index in [4.69, 9.17) is 15.7 Å². The summed E-state index contributed by atoms with van der Waals surface area (Å²) in [4.78, 5) is 19.9. The summed E-state index contributed by atoms with van der Waals surface area (Å²) < 4.78 is 0. The van der Waals surface area contributed by atoms with E-state index in [1.54, 1.807) is 12.1 Å². The van der Waals surface area contributed by atoms with Gasteiger partial charge in [-0.05, 0) is 19.1 Å². The number of hydrogen-bond acceptors (Lipinski definition) is 3. The third-order valence-corrected chi connectivity index (χ3v) is 1.41. The summed E-state index contributed by atoms with van der Waals surface area (Å²) >= 11 is 0. The Labute approximate surface area is 87.9 Å². The Hall–Kier alpha value is -1.88. The summed E-state index contributed by atoms with van der Waals surface area (Å²) in [7, 11) is 0. The van der Waals surface area contributed by atoms with Crippen molar-refractivity contribution in [3.8, 4) is 0 Å². The number of carboxylic acids is 1. The molecule has 0 spiro atoms. The van der Waals surface area contributed by atoms with Crippen LogP contribution in [0, 0.1) is 6.92 Å². The van der Waals surface area contributed by atoms with Gasteiger partial charge in [0.15, 0.2) is 0 Å². The summed E-state index contributed by atoms with van der Waals surface area (Å²) in [6.45, 7) is 3.01. The van der Waals surface area contributed by atoms with Gasteiger partial charge in [0.2, 0.25) is 0 Å². The molecular formula is C10H14N2O3. The highest BCUT2D eigenvalue weighted by molar-refractivity contribution is 5.93. The van der Waals surface area contributed by atoms with E-state index in [9.17, 15) is 4.79 Å². The molecule has 1 aromatic rings. The second-order valence-electron chi connectivity index (χ2n) is 2.86. The van der Waals surface area contributed by atoms with E-state index in [2.05, 4.69) is 5.43 Å². The van der Waals surface area contributed by atoms with Gasteiger partial charge in [-0.3, -0.25) is 15.0 Å². The molecule has 0 aliphatic carbocycles. The molecule has 0 saturated carbocycles. The average Bonchev–Trinajstić information content (AvgIpc) is 2.16. The van der Waals surface area contributed by atoms with Crippen LogP contribution in [0.2, 0.25) is 0 Å². The minimum atomic E-state index is -0.833. The number of carbonyl (C=O) groups excluding carboxylic acids is 1. The van der Waals surface area contributed by atoms with Crippen LogP contribution in [-0.4, -0.2) is 17.0 Å². The van der Waals surface area contributed by atoms with Crippen molar-refractivity contribution in [2.24, 2.45) is 5.84 Å². The molecule has 0 saturated heterocycles. The van der Waals surface area contributed by atoms with Crippen LogP contribution in [0.3, 0.4) is 0 Å². The standard InChI is InChI=1S/C8H10N2O.C2H4O2/c1-6-3-2-4-7(5-6)8(11)10-9;1-2(3)4/h2-5H,9H2,1H3,(H,10,11);1H3,(H,3,4). The minimum Gasteiger partial charge on any atom is -0.481 e. The normalized spacial score (nSPS) is 8.47. The molecule has 1 amide bonds. The number of hydrazine groups is 1. The van der Waals surface area contributed by atoms with Crippen molar-refractivity contribution in [1.82, 2.24) is 5.43 Å². The molecule has 82 valence electrons. The molecule has 0 aliphatic heterocycles. The maximum absolute atomic E-state index is 10.9. The number of aliphatic carboxylic acids is 1. The molecule has 15 heavy (non-hydrogen) atoms. The lowest BCUT2D eigenvalue weighted by molar-refractivity contribution is -0.134. The Morgan fingerprint density at radius 2 is 1.93 bits per heavy atom. The van der Waals surface area contributed by atoms with Crippen LogP contribution >= 0.6 is 0 Å². The fourth-order valence-corrected chi connectivity index (χ4v) is 0.870. The number of aryl methyl sites for hydroxylation is 1. The highest BCUT2D eigenvalue weighted by Crippen LogP contribution is 2.02. The first-order valence-corrected chi connectivity index (χ1v) is 4.24. The molecule has 0 aliphatic rings. The molecule has 0 heterocycles. The van der Waals surface area contributed by atoms with Gasteiger partial charge in [-0.15, -0.1) is 0 Å². The highest BCUT2D eigenvalue weighted by Gasteiger charge is 2.00. The molecule has 1 rings (SSSR count). The van der Waals surface area contributed by atoms with Gasteiger partial charge in [-0.2, -0.15) is 0 Å². The Bertz CT molecular complexity index is 346. The van der Waals surface area contributed by atoms with Crippen molar-refractivity contribution in [2.45, 2.75) is 13.8 Å². The van der Waals surface area contributed by atoms with E-state index in [1.165, 1.54) is 0 Å². The molecule has 5 heteroatoms. The molecule has 5 nitrogen and oxygen atoms in total. The number of carboxylic acid groups (broad SMARTS) is 1. The quantitative estimate of drug-likeness (QED) is 0.361. The third kappa shape index (κ3) is 6.23. The Morgan fingerprint density at radius 1 is 1.40 bits per heavy atom. The number of amides is 1. The molecule has 0 atom stereocenters. The van der Waals surface area contributed by atoms with E-state index in [1.807, 2.05) is 19.1 Å². The van der Waals surface area contributed by atoms with Crippen molar-refractivity contribution in [1.29, 1.82) is 0 Å². The van der Waals surface area contributed by atoms with Crippen molar-refractivity contribution >= 4 is 11.9 Å². The number of benzene rings is 1. The first-order valence-electron chi connectivity index (χ1n) is 4.24. The van der Waals surface area contributed by atoms with Gasteiger partial charge in [0.25, 0.3) is 11.9 Å². The zero-order chi connectivity index (χ0) is 11.8. The van der Waals surface area contributed by atoms with E-state index in [0.29, 0.717) is 5.56 Å². The SMILES string of the molecule is CC(=O)O.Cc1cccc(C(=O)NN)c1. The van der Waals surface area contributed by atoms with Crippen LogP contribution in [-0.2, 0) is 4.79 Å². The maximum Gasteiger partial charge on any atom is 0.300 e. The number of rotatable bonds is 1. The lowest BCUT2D eigenvalue weighted by Gasteiger charge is -1.98. The van der Waals surface area contributed by atoms with Crippen molar-refractivity contribution in [3.05, 3.63) is 35.4 Å². The average molecular weight is 210 g/mol. The van der Waals surface area contributed by atoms with E-state index in [0.717, 1.165) is 12.5 Å². The van der Waals surface area contributed by atoms with Gasteiger partial charge < -0.3 is 5.11 Å². The van der Waals surface area contributed by atoms with Crippen molar-refractivity contribution in [3.63, 3.8) is 0 Å². The topological polar surface area (TPSA) is 92.4 Å². The lowest BCUT2D eigenvalue weighted by Crippen LogP contribution is -2.29. The smallest absolute Gasteiger partial charge is 0.300 e. The predicted molar refractivity (Wildman–Crippen MR) is 56.1 cm³/mol. The largest absolute Gasteiger partial charge is 0.481 e. The monoisotopic (exact) mass is 210 g/mol. The highest BCUT2D eigenvalue weighted by atomic mass is 16.4. The molecule has 0 radical (unpaired) electrons. The summed E-state index contributed by atoms with van der Waals surface area (Å²) in [6.07, 6.45) is 0. The van der Waals surface area contributed by atoms with Crippen LogP contribution in [0.5, 0.6) is 0 Å². The Kier molecular flexibility index (Phi) is 5.73. The first kappa shape index (κ1) is 13.1. The van der Waals surface area contributed by atoms with Crippen LogP contribution in [0.1, 0.15) is 22.8 Å². The first-order chi connectivity index (χ1) is 6.97. The van der Waals surface area contributed by atoms with Gasteiger partial charge in [-0.25, -0.2) is 5.84 Å². The second-order valence-corrected chi connectivity index (χ2v) is 2.86.